The molecule has 0 aromatic heterocycles. The van der Waals surface area contributed by atoms with Crippen LogP contribution in [0.5, 0.6) is 5.75 Å². The fraction of sp³-hybridized carbons (Fsp3) is 0.409. The first-order valence-corrected chi connectivity index (χ1v) is 11.6. The first-order valence-electron chi connectivity index (χ1n) is 9.76. The van der Waals surface area contributed by atoms with Crippen LogP contribution in [0.15, 0.2) is 48.5 Å². The Bertz CT molecular complexity index is 897. The average Bonchev–Trinajstić information content (AvgIpc) is 2.69. The van der Waals surface area contributed by atoms with Gasteiger partial charge in [-0.15, -0.1) is 0 Å². The van der Waals surface area contributed by atoms with E-state index in [0.29, 0.717) is 6.61 Å². The quantitative estimate of drug-likeness (QED) is 0.552. The lowest BCUT2D eigenvalue weighted by molar-refractivity contribution is -0.121. The molecular formula is C22H28FNO4S. The number of ether oxygens (including phenoxy) is 1. The Hall–Kier alpha value is -2.41. The molecule has 1 unspecified atom stereocenters. The third-order valence-electron chi connectivity index (χ3n) is 4.50. The molecule has 29 heavy (non-hydrogen) atoms. The van der Waals surface area contributed by atoms with E-state index in [2.05, 4.69) is 12.2 Å². The summed E-state index contributed by atoms with van der Waals surface area (Å²) in [5.74, 6) is -0.888. The molecule has 2 rings (SSSR count). The molecule has 0 saturated heterocycles. The van der Waals surface area contributed by atoms with E-state index < -0.39 is 21.4 Å². The highest BCUT2D eigenvalue weighted by atomic mass is 32.2. The Balaban J connectivity index is 1.82. The van der Waals surface area contributed by atoms with Crippen molar-refractivity contribution in [2.45, 2.75) is 44.9 Å². The van der Waals surface area contributed by atoms with Crippen LogP contribution in [0.25, 0.3) is 0 Å². The molecule has 0 bridgehead atoms. The van der Waals surface area contributed by atoms with Crippen molar-refractivity contribution in [2.75, 3.05) is 12.4 Å². The van der Waals surface area contributed by atoms with E-state index >= 15 is 0 Å². The second-order valence-electron chi connectivity index (χ2n) is 6.99. The topological polar surface area (TPSA) is 72.5 Å². The molecule has 1 amide bonds. The van der Waals surface area contributed by atoms with Crippen molar-refractivity contribution in [2.24, 2.45) is 0 Å². The number of rotatable bonds is 11. The van der Waals surface area contributed by atoms with E-state index in [1.165, 1.54) is 18.2 Å². The Kier molecular flexibility index (Phi) is 8.64. The maximum Gasteiger partial charge on any atom is 0.221 e. The molecule has 0 fully saturated rings. The number of carbonyl (C=O) groups excluding carboxylic acids is 1. The summed E-state index contributed by atoms with van der Waals surface area (Å²) < 4.78 is 43.7. The summed E-state index contributed by atoms with van der Waals surface area (Å²) in [5, 5.41) is 2.80. The second kappa shape index (κ2) is 11.0. The van der Waals surface area contributed by atoms with Crippen LogP contribution in [0.1, 0.15) is 50.3 Å². The van der Waals surface area contributed by atoms with Gasteiger partial charge in [-0.25, -0.2) is 12.8 Å². The molecule has 0 aliphatic heterocycles. The number of unbranched alkanes of at least 4 members (excludes halogenated alkanes) is 1. The van der Waals surface area contributed by atoms with Crippen LogP contribution in [0.3, 0.4) is 0 Å². The fourth-order valence-electron chi connectivity index (χ4n) is 2.76. The zero-order valence-corrected chi connectivity index (χ0v) is 17.7. The highest BCUT2D eigenvalue weighted by Crippen LogP contribution is 2.18. The van der Waals surface area contributed by atoms with Crippen LogP contribution >= 0.6 is 0 Å². The number of sulfone groups is 1. The summed E-state index contributed by atoms with van der Waals surface area (Å²) in [6.45, 7) is 4.60. The van der Waals surface area contributed by atoms with E-state index in [1.807, 2.05) is 31.2 Å². The Morgan fingerprint density at radius 1 is 1.14 bits per heavy atom. The molecular weight excluding hydrogens is 393 g/mol. The third kappa shape index (κ3) is 7.85. The lowest BCUT2D eigenvalue weighted by Crippen LogP contribution is -2.28. The van der Waals surface area contributed by atoms with Gasteiger partial charge in [0.05, 0.1) is 24.2 Å². The molecule has 0 saturated carbocycles. The largest absolute Gasteiger partial charge is 0.494 e. The Morgan fingerprint density at radius 3 is 2.48 bits per heavy atom. The summed E-state index contributed by atoms with van der Waals surface area (Å²) in [6, 6.07) is 12.9. The van der Waals surface area contributed by atoms with E-state index in [-0.39, 0.29) is 29.7 Å². The minimum atomic E-state index is -3.59. The number of carbonyl (C=O) groups is 1. The van der Waals surface area contributed by atoms with E-state index in [1.54, 1.807) is 6.07 Å². The van der Waals surface area contributed by atoms with E-state index in [4.69, 9.17) is 4.74 Å². The van der Waals surface area contributed by atoms with E-state index in [9.17, 15) is 17.6 Å². The SMILES string of the molecule is CCCCOc1ccc(C(C)NC(=O)CCS(=O)(=O)Cc2ccccc2F)cc1. The predicted molar refractivity (Wildman–Crippen MR) is 112 cm³/mol. The number of halogens is 1. The standard InChI is InChI=1S/C22H28FNO4S/c1-3-4-14-28-20-11-9-18(10-12-20)17(2)24-22(25)13-15-29(26,27)16-19-7-5-6-8-21(19)23/h5-12,17H,3-4,13-16H2,1-2H3,(H,24,25). The van der Waals surface area contributed by atoms with Gasteiger partial charge in [0.2, 0.25) is 5.91 Å². The molecule has 5 nitrogen and oxygen atoms in total. The van der Waals surface area contributed by atoms with Crippen molar-refractivity contribution >= 4 is 15.7 Å². The van der Waals surface area contributed by atoms with Crippen LogP contribution in [-0.2, 0) is 20.4 Å². The van der Waals surface area contributed by atoms with Gasteiger partial charge < -0.3 is 10.1 Å². The first kappa shape index (κ1) is 22.9. The molecule has 7 heteroatoms. The Morgan fingerprint density at radius 2 is 1.83 bits per heavy atom. The minimum Gasteiger partial charge on any atom is -0.494 e. The molecule has 0 aliphatic carbocycles. The smallest absolute Gasteiger partial charge is 0.221 e. The van der Waals surface area contributed by atoms with Crippen molar-refractivity contribution < 1.29 is 22.3 Å². The molecule has 0 spiro atoms. The lowest BCUT2D eigenvalue weighted by Gasteiger charge is -2.15. The van der Waals surface area contributed by atoms with Gasteiger partial charge in [-0.2, -0.15) is 0 Å². The van der Waals surface area contributed by atoms with Crippen LogP contribution < -0.4 is 10.1 Å². The van der Waals surface area contributed by atoms with Gasteiger partial charge in [0.15, 0.2) is 9.84 Å². The molecule has 1 N–H and O–H groups in total. The third-order valence-corrected chi connectivity index (χ3v) is 6.07. The number of hydrogen-bond acceptors (Lipinski definition) is 4. The highest BCUT2D eigenvalue weighted by Gasteiger charge is 2.18. The second-order valence-corrected chi connectivity index (χ2v) is 9.18. The number of benzene rings is 2. The minimum absolute atomic E-state index is 0.113. The lowest BCUT2D eigenvalue weighted by atomic mass is 10.1. The van der Waals surface area contributed by atoms with Gasteiger partial charge >= 0.3 is 0 Å². The van der Waals surface area contributed by atoms with Crippen molar-refractivity contribution in [3.8, 4) is 5.75 Å². The van der Waals surface area contributed by atoms with Gasteiger partial charge in [-0.05, 0) is 37.1 Å². The molecule has 2 aromatic carbocycles. The summed E-state index contributed by atoms with van der Waals surface area (Å²) in [5.41, 5.74) is 1.01. The molecule has 0 heterocycles. The van der Waals surface area contributed by atoms with Crippen molar-refractivity contribution in [3.05, 3.63) is 65.5 Å². The predicted octanol–water partition coefficient (Wildman–Crippen LogP) is 4.19. The van der Waals surface area contributed by atoms with Crippen LogP contribution in [-0.4, -0.2) is 26.7 Å². The highest BCUT2D eigenvalue weighted by molar-refractivity contribution is 7.90. The molecule has 158 valence electrons. The zero-order chi connectivity index (χ0) is 21.3. The van der Waals surface area contributed by atoms with Gasteiger partial charge in [0.1, 0.15) is 11.6 Å². The van der Waals surface area contributed by atoms with Crippen molar-refractivity contribution in [3.63, 3.8) is 0 Å². The summed E-state index contributed by atoms with van der Waals surface area (Å²) in [4.78, 5) is 12.2. The summed E-state index contributed by atoms with van der Waals surface area (Å²) >= 11 is 0. The van der Waals surface area contributed by atoms with Crippen LogP contribution in [0, 0.1) is 5.82 Å². The van der Waals surface area contributed by atoms with Gasteiger partial charge in [-0.3, -0.25) is 4.79 Å². The summed E-state index contributed by atoms with van der Waals surface area (Å²) in [7, 11) is -3.59. The van der Waals surface area contributed by atoms with E-state index in [0.717, 1.165) is 24.2 Å². The van der Waals surface area contributed by atoms with Gasteiger partial charge in [0, 0.05) is 12.0 Å². The van der Waals surface area contributed by atoms with Crippen LogP contribution in [0.2, 0.25) is 0 Å². The van der Waals surface area contributed by atoms with Crippen molar-refractivity contribution in [1.82, 2.24) is 5.32 Å². The van der Waals surface area contributed by atoms with Crippen LogP contribution in [0.4, 0.5) is 4.39 Å². The summed E-state index contributed by atoms with van der Waals surface area (Å²) in [6.07, 6.45) is 1.89. The first-order chi connectivity index (χ1) is 13.8. The maximum atomic E-state index is 13.6. The molecule has 1 atom stereocenters. The maximum absolute atomic E-state index is 13.6. The van der Waals surface area contributed by atoms with Crippen molar-refractivity contribution in [1.29, 1.82) is 0 Å². The van der Waals surface area contributed by atoms with Gasteiger partial charge in [-0.1, -0.05) is 43.7 Å². The molecule has 0 radical (unpaired) electrons. The molecule has 2 aromatic rings. The number of hydrogen-bond donors (Lipinski definition) is 1. The van der Waals surface area contributed by atoms with Gasteiger partial charge in [0.25, 0.3) is 0 Å². The normalized spacial score (nSPS) is 12.4. The number of amides is 1. The average molecular weight is 422 g/mol. The Labute approximate surface area is 172 Å². The number of nitrogens with one attached hydrogen (secondary N) is 1. The monoisotopic (exact) mass is 421 g/mol. The fourth-order valence-corrected chi connectivity index (χ4v) is 4.11. The molecule has 0 aliphatic rings. The zero-order valence-electron chi connectivity index (χ0n) is 16.9.